The predicted molar refractivity (Wildman–Crippen MR) is 115 cm³/mol. The highest BCUT2D eigenvalue weighted by Gasteiger charge is 2.25. The van der Waals surface area contributed by atoms with Gasteiger partial charge in [-0.25, -0.2) is 0 Å². The Balaban J connectivity index is 1.79. The van der Waals surface area contributed by atoms with Crippen molar-refractivity contribution in [1.82, 2.24) is 14.8 Å². The van der Waals surface area contributed by atoms with Gasteiger partial charge in [-0.15, -0.1) is 10.2 Å². The molecule has 3 N–H and O–H groups in total. The number of carbonyl (C=O) groups excluding carboxylic acids is 1. The molecule has 3 aromatic rings. The van der Waals surface area contributed by atoms with Crippen molar-refractivity contribution in [1.29, 1.82) is 0 Å². The number of halogens is 2. The SMILES string of the molecule is CCC(C(=O)Nc1ccc(Cl)cc1Cl)n1c(N)nnc1SCc1ccccc1. The van der Waals surface area contributed by atoms with Crippen LogP contribution >= 0.6 is 35.0 Å². The van der Waals surface area contributed by atoms with Crippen LogP contribution in [0.5, 0.6) is 0 Å². The quantitative estimate of drug-likeness (QED) is 0.507. The molecule has 1 heterocycles. The van der Waals surface area contributed by atoms with Crippen molar-refractivity contribution >= 4 is 52.5 Å². The molecule has 6 nitrogen and oxygen atoms in total. The van der Waals surface area contributed by atoms with Crippen LogP contribution in [0.1, 0.15) is 24.9 Å². The van der Waals surface area contributed by atoms with E-state index in [1.807, 2.05) is 37.3 Å². The Hall–Kier alpha value is -2.22. The maximum Gasteiger partial charge on any atom is 0.247 e. The molecule has 0 spiro atoms. The van der Waals surface area contributed by atoms with Crippen molar-refractivity contribution < 1.29 is 4.79 Å². The van der Waals surface area contributed by atoms with Gasteiger partial charge in [0.05, 0.1) is 10.7 Å². The topological polar surface area (TPSA) is 85.8 Å². The lowest BCUT2D eigenvalue weighted by atomic mass is 10.2. The first kappa shape index (κ1) is 20.5. The summed E-state index contributed by atoms with van der Waals surface area (Å²) in [4.78, 5) is 12.9. The molecule has 1 unspecified atom stereocenters. The van der Waals surface area contributed by atoms with Gasteiger partial charge in [0.15, 0.2) is 5.16 Å². The molecule has 0 bridgehead atoms. The number of nitrogens with zero attached hydrogens (tertiary/aromatic N) is 3. The van der Waals surface area contributed by atoms with Gasteiger partial charge >= 0.3 is 0 Å². The normalized spacial score (nSPS) is 12.0. The largest absolute Gasteiger partial charge is 0.368 e. The van der Waals surface area contributed by atoms with Gasteiger partial charge in [-0.2, -0.15) is 0 Å². The number of amides is 1. The molecule has 0 aliphatic rings. The number of hydrogen-bond acceptors (Lipinski definition) is 5. The minimum atomic E-state index is -0.569. The summed E-state index contributed by atoms with van der Waals surface area (Å²) < 4.78 is 1.66. The third-order valence-electron chi connectivity index (χ3n) is 4.09. The predicted octanol–water partition coefficient (Wildman–Crippen LogP) is 5.05. The summed E-state index contributed by atoms with van der Waals surface area (Å²) in [6.07, 6.45) is 0.512. The minimum absolute atomic E-state index is 0.194. The summed E-state index contributed by atoms with van der Waals surface area (Å²) in [5.41, 5.74) is 7.65. The lowest BCUT2D eigenvalue weighted by molar-refractivity contribution is -0.119. The van der Waals surface area contributed by atoms with Crippen molar-refractivity contribution in [3.8, 4) is 0 Å². The van der Waals surface area contributed by atoms with E-state index in [-0.39, 0.29) is 11.9 Å². The van der Waals surface area contributed by atoms with Crippen molar-refractivity contribution in [2.45, 2.75) is 30.3 Å². The number of carbonyl (C=O) groups is 1. The van der Waals surface area contributed by atoms with Crippen molar-refractivity contribution in [3.63, 3.8) is 0 Å². The molecule has 1 aromatic heterocycles. The van der Waals surface area contributed by atoms with E-state index in [9.17, 15) is 4.79 Å². The van der Waals surface area contributed by atoms with Gasteiger partial charge < -0.3 is 11.1 Å². The van der Waals surface area contributed by atoms with Crippen LogP contribution in [0.15, 0.2) is 53.7 Å². The molecule has 0 aliphatic carbocycles. The number of rotatable bonds is 7. The maximum absolute atomic E-state index is 12.9. The van der Waals surface area contributed by atoms with Crippen LogP contribution in [0.25, 0.3) is 0 Å². The zero-order chi connectivity index (χ0) is 20.1. The van der Waals surface area contributed by atoms with E-state index in [1.165, 1.54) is 11.8 Å². The molecule has 0 radical (unpaired) electrons. The Morgan fingerprint density at radius 3 is 2.64 bits per heavy atom. The molecule has 0 fully saturated rings. The third kappa shape index (κ3) is 4.79. The second kappa shape index (κ2) is 9.32. The number of aromatic nitrogens is 3. The van der Waals surface area contributed by atoms with Gasteiger partial charge in [-0.1, -0.05) is 72.2 Å². The standard InChI is InChI=1S/C19H19Cl2N5OS/c1-2-16(17(27)23-15-9-8-13(20)10-14(15)21)26-18(22)24-25-19(26)28-11-12-6-4-3-5-7-12/h3-10,16H,2,11H2,1H3,(H2,22,24)(H,23,27). The average Bonchev–Trinajstić information content (AvgIpc) is 3.04. The Kier molecular flexibility index (Phi) is 6.83. The molecule has 28 heavy (non-hydrogen) atoms. The fraction of sp³-hybridized carbons (Fsp3) is 0.211. The molecule has 0 saturated heterocycles. The number of thioether (sulfide) groups is 1. The number of nitrogens with two attached hydrogens (primary N) is 1. The second-order valence-electron chi connectivity index (χ2n) is 6.02. The summed E-state index contributed by atoms with van der Waals surface area (Å²) in [6, 6.07) is 14.3. The van der Waals surface area contributed by atoms with E-state index < -0.39 is 6.04 Å². The van der Waals surface area contributed by atoms with E-state index in [2.05, 4.69) is 15.5 Å². The molecule has 3 rings (SSSR count). The number of anilines is 2. The highest BCUT2D eigenvalue weighted by atomic mass is 35.5. The smallest absolute Gasteiger partial charge is 0.247 e. The van der Waals surface area contributed by atoms with E-state index >= 15 is 0 Å². The molecule has 0 saturated carbocycles. The van der Waals surface area contributed by atoms with Crippen molar-refractivity contribution in [2.24, 2.45) is 0 Å². The molecule has 2 aromatic carbocycles. The summed E-state index contributed by atoms with van der Waals surface area (Å²) in [6.45, 7) is 1.90. The number of benzene rings is 2. The van der Waals surface area contributed by atoms with Crippen LogP contribution < -0.4 is 11.1 Å². The van der Waals surface area contributed by atoms with Crippen molar-refractivity contribution in [3.05, 3.63) is 64.1 Å². The summed E-state index contributed by atoms with van der Waals surface area (Å²) in [7, 11) is 0. The van der Waals surface area contributed by atoms with Gasteiger partial charge in [0.1, 0.15) is 6.04 Å². The van der Waals surface area contributed by atoms with Gasteiger partial charge in [-0.3, -0.25) is 9.36 Å². The zero-order valence-electron chi connectivity index (χ0n) is 15.1. The molecule has 0 aliphatic heterocycles. The van der Waals surface area contributed by atoms with Crippen LogP contribution in [0.3, 0.4) is 0 Å². The lowest BCUT2D eigenvalue weighted by Crippen LogP contribution is -2.27. The minimum Gasteiger partial charge on any atom is -0.368 e. The Morgan fingerprint density at radius 2 is 1.96 bits per heavy atom. The van der Waals surface area contributed by atoms with Crippen LogP contribution in [0.4, 0.5) is 11.6 Å². The van der Waals surface area contributed by atoms with E-state index in [4.69, 9.17) is 28.9 Å². The fourth-order valence-electron chi connectivity index (χ4n) is 2.69. The summed E-state index contributed by atoms with van der Waals surface area (Å²) in [5, 5.41) is 12.4. The number of hydrogen-bond donors (Lipinski definition) is 2. The Morgan fingerprint density at radius 1 is 1.21 bits per heavy atom. The molecular formula is C19H19Cl2N5OS. The average molecular weight is 436 g/mol. The highest BCUT2D eigenvalue weighted by Crippen LogP contribution is 2.30. The number of nitrogen functional groups attached to an aromatic ring is 1. The van der Waals surface area contributed by atoms with Crippen LogP contribution in [0, 0.1) is 0 Å². The molecule has 1 atom stereocenters. The zero-order valence-corrected chi connectivity index (χ0v) is 17.4. The molecular weight excluding hydrogens is 417 g/mol. The Bertz CT molecular complexity index is 964. The van der Waals surface area contributed by atoms with E-state index in [0.717, 1.165) is 5.56 Å². The van der Waals surface area contributed by atoms with Crippen molar-refractivity contribution in [2.75, 3.05) is 11.1 Å². The lowest BCUT2D eigenvalue weighted by Gasteiger charge is -2.19. The van der Waals surface area contributed by atoms with Gasteiger partial charge in [0.2, 0.25) is 11.9 Å². The van der Waals surface area contributed by atoms with Crippen LogP contribution in [-0.2, 0) is 10.5 Å². The first-order chi connectivity index (χ1) is 13.5. The third-order valence-corrected chi connectivity index (χ3v) is 5.65. The monoisotopic (exact) mass is 435 g/mol. The first-order valence-electron chi connectivity index (χ1n) is 8.62. The number of nitrogens with one attached hydrogen (secondary N) is 1. The van der Waals surface area contributed by atoms with Gasteiger partial charge in [0.25, 0.3) is 0 Å². The summed E-state index contributed by atoms with van der Waals surface area (Å²) >= 11 is 13.6. The summed E-state index contributed by atoms with van der Waals surface area (Å²) in [5.74, 6) is 0.639. The van der Waals surface area contributed by atoms with Crippen LogP contribution in [0.2, 0.25) is 10.0 Å². The molecule has 146 valence electrons. The molecule has 9 heteroatoms. The van der Waals surface area contributed by atoms with E-state index in [1.54, 1.807) is 22.8 Å². The first-order valence-corrected chi connectivity index (χ1v) is 10.4. The van der Waals surface area contributed by atoms with Gasteiger partial charge in [0, 0.05) is 10.8 Å². The van der Waals surface area contributed by atoms with Crippen LogP contribution in [-0.4, -0.2) is 20.7 Å². The fourth-order valence-corrected chi connectivity index (χ4v) is 4.10. The maximum atomic E-state index is 12.9. The molecule has 1 amide bonds. The van der Waals surface area contributed by atoms with E-state index in [0.29, 0.717) is 33.1 Å². The Labute approximate surface area is 177 Å². The second-order valence-corrected chi connectivity index (χ2v) is 7.81. The van der Waals surface area contributed by atoms with Gasteiger partial charge in [-0.05, 0) is 30.2 Å². The highest BCUT2D eigenvalue weighted by molar-refractivity contribution is 7.98.